The van der Waals surface area contributed by atoms with E-state index in [4.69, 9.17) is 0 Å². The maximum Gasteiger partial charge on any atom is 0.332 e. The van der Waals surface area contributed by atoms with Crippen molar-refractivity contribution in [1.82, 2.24) is 18.7 Å². The lowest BCUT2D eigenvalue weighted by Gasteiger charge is -2.09. The van der Waals surface area contributed by atoms with Crippen LogP contribution in [0.15, 0.2) is 38.3 Å². The van der Waals surface area contributed by atoms with Crippen LogP contribution < -0.4 is 16.6 Å². The molecule has 138 valence electrons. The standard InChI is InChI=1S/C18H22BrN5O2/c1-4-5-10-20-17-21-15-14(22(17)2)16(25)24(18(26)23(15)3)11-12-6-8-13(19)9-7-12/h6-9H,4-5,10-11H2,1-3H3,(H,20,21). The molecule has 0 radical (unpaired) electrons. The topological polar surface area (TPSA) is 73.8 Å². The molecular weight excluding hydrogens is 398 g/mol. The molecule has 0 atom stereocenters. The van der Waals surface area contributed by atoms with E-state index in [0.717, 1.165) is 29.4 Å². The first kappa shape index (κ1) is 18.4. The van der Waals surface area contributed by atoms with Crippen molar-refractivity contribution in [2.24, 2.45) is 14.1 Å². The molecular formula is C18H22BrN5O2. The zero-order valence-electron chi connectivity index (χ0n) is 15.1. The highest BCUT2D eigenvalue weighted by molar-refractivity contribution is 9.10. The maximum absolute atomic E-state index is 13.0. The molecule has 0 bridgehead atoms. The zero-order valence-corrected chi connectivity index (χ0v) is 16.7. The van der Waals surface area contributed by atoms with Gasteiger partial charge in [-0.05, 0) is 24.1 Å². The number of rotatable bonds is 6. The SMILES string of the molecule is CCCCNc1nc2c(c(=O)n(Cc3ccc(Br)cc3)c(=O)n2C)n1C. The molecule has 0 saturated heterocycles. The molecule has 0 aliphatic heterocycles. The van der Waals surface area contributed by atoms with Gasteiger partial charge >= 0.3 is 5.69 Å². The highest BCUT2D eigenvalue weighted by Crippen LogP contribution is 2.14. The third kappa shape index (κ3) is 3.33. The van der Waals surface area contributed by atoms with Crippen LogP contribution in [0.1, 0.15) is 25.3 Å². The monoisotopic (exact) mass is 419 g/mol. The third-order valence-corrected chi connectivity index (χ3v) is 4.96. The molecule has 0 unspecified atom stereocenters. The van der Waals surface area contributed by atoms with E-state index in [-0.39, 0.29) is 17.8 Å². The molecule has 0 spiro atoms. The number of nitrogens with one attached hydrogen (secondary N) is 1. The molecule has 7 nitrogen and oxygen atoms in total. The molecule has 1 N–H and O–H groups in total. The molecule has 2 heterocycles. The first-order chi connectivity index (χ1) is 12.4. The van der Waals surface area contributed by atoms with Crippen molar-refractivity contribution < 1.29 is 0 Å². The number of hydrogen-bond acceptors (Lipinski definition) is 4. The fourth-order valence-corrected chi connectivity index (χ4v) is 3.15. The van der Waals surface area contributed by atoms with Gasteiger partial charge in [0.1, 0.15) is 0 Å². The molecule has 2 aromatic heterocycles. The van der Waals surface area contributed by atoms with Crippen molar-refractivity contribution >= 4 is 33.0 Å². The van der Waals surface area contributed by atoms with Gasteiger partial charge in [0.25, 0.3) is 5.56 Å². The highest BCUT2D eigenvalue weighted by Gasteiger charge is 2.18. The second-order valence-corrected chi connectivity index (χ2v) is 7.22. The minimum atomic E-state index is -0.372. The Bertz CT molecular complexity index is 1050. The molecule has 0 amide bonds. The Balaban J connectivity index is 2.10. The normalized spacial score (nSPS) is 11.2. The van der Waals surface area contributed by atoms with E-state index >= 15 is 0 Å². The molecule has 0 aliphatic carbocycles. The van der Waals surface area contributed by atoms with Gasteiger partial charge in [0.2, 0.25) is 5.95 Å². The number of anilines is 1. The molecule has 26 heavy (non-hydrogen) atoms. The second kappa shape index (κ2) is 7.49. The lowest BCUT2D eigenvalue weighted by molar-refractivity contribution is 0.655. The summed E-state index contributed by atoms with van der Waals surface area (Å²) in [5.74, 6) is 0.599. The smallest absolute Gasteiger partial charge is 0.332 e. The summed E-state index contributed by atoms with van der Waals surface area (Å²) in [6.07, 6.45) is 2.07. The summed E-state index contributed by atoms with van der Waals surface area (Å²) in [6, 6.07) is 7.56. The van der Waals surface area contributed by atoms with Crippen molar-refractivity contribution in [3.8, 4) is 0 Å². The Kier molecular flexibility index (Phi) is 5.31. The molecule has 0 fully saturated rings. The number of fused-ring (bicyclic) bond motifs is 1. The molecule has 0 aliphatic rings. The molecule has 0 saturated carbocycles. The van der Waals surface area contributed by atoms with Gasteiger partial charge in [-0.1, -0.05) is 41.4 Å². The second-order valence-electron chi connectivity index (χ2n) is 6.31. The van der Waals surface area contributed by atoms with E-state index in [1.165, 1.54) is 9.13 Å². The van der Waals surface area contributed by atoms with Gasteiger partial charge in [-0.25, -0.2) is 4.79 Å². The largest absolute Gasteiger partial charge is 0.356 e. The molecule has 3 rings (SSSR count). The molecule has 3 aromatic rings. The van der Waals surface area contributed by atoms with Gasteiger partial charge in [0.15, 0.2) is 11.2 Å². The van der Waals surface area contributed by atoms with Gasteiger partial charge in [0, 0.05) is 25.1 Å². The number of nitrogens with zero attached hydrogens (tertiary/aromatic N) is 4. The average Bonchev–Trinajstić information content (AvgIpc) is 2.96. The summed E-state index contributed by atoms with van der Waals surface area (Å²) in [7, 11) is 3.43. The molecule has 8 heteroatoms. The van der Waals surface area contributed by atoms with Crippen LogP contribution in [0, 0.1) is 0 Å². The minimum Gasteiger partial charge on any atom is -0.356 e. The van der Waals surface area contributed by atoms with Crippen LogP contribution in [0.4, 0.5) is 5.95 Å². The third-order valence-electron chi connectivity index (χ3n) is 4.43. The van der Waals surface area contributed by atoms with Gasteiger partial charge < -0.3 is 9.88 Å². The lowest BCUT2D eigenvalue weighted by Crippen LogP contribution is -2.39. The minimum absolute atomic E-state index is 0.221. The predicted octanol–water partition coefficient (Wildman–Crippen LogP) is 2.46. The maximum atomic E-state index is 13.0. The quantitative estimate of drug-likeness (QED) is 0.622. The fraction of sp³-hybridized carbons (Fsp3) is 0.389. The Morgan fingerprint density at radius 2 is 1.81 bits per heavy atom. The van der Waals surface area contributed by atoms with Crippen molar-refractivity contribution in [3.05, 3.63) is 55.1 Å². The van der Waals surface area contributed by atoms with Gasteiger partial charge in [0.05, 0.1) is 6.54 Å². The predicted molar refractivity (Wildman–Crippen MR) is 107 cm³/mol. The van der Waals surface area contributed by atoms with Crippen LogP contribution in [0.5, 0.6) is 0 Å². The Labute approximate surface area is 159 Å². The van der Waals surface area contributed by atoms with Gasteiger partial charge in [-0.3, -0.25) is 13.9 Å². The van der Waals surface area contributed by atoms with E-state index in [9.17, 15) is 9.59 Å². The number of imidazole rings is 1. The van der Waals surface area contributed by atoms with E-state index in [1.807, 2.05) is 24.3 Å². The average molecular weight is 420 g/mol. The summed E-state index contributed by atoms with van der Waals surface area (Å²) < 4.78 is 5.36. The number of aromatic nitrogens is 4. The summed E-state index contributed by atoms with van der Waals surface area (Å²) in [6.45, 7) is 3.11. The van der Waals surface area contributed by atoms with Gasteiger partial charge in [-0.15, -0.1) is 0 Å². The van der Waals surface area contributed by atoms with Crippen molar-refractivity contribution in [2.45, 2.75) is 26.3 Å². The zero-order chi connectivity index (χ0) is 18.8. The summed E-state index contributed by atoms with van der Waals surface area (Å²) in [4.78, 5) is 30.2. The van der Waals surface area contributed by atoms with Crippen molar-refractivity contribution in [3.63, 3.8) is 0 Å². The highest BCUT2D eigenvalue weighted by atomic mass is 79.9. The summed E-state index contributed by atoms with van der Waals surface area (Å²) in [5.41, 5.74) is 1.00. The lowest BCUT2D eigenvalue weighted by atomic mass is 10.2. The number of benzene rings is 1. The van der Waals surface area contributed by atoms with Crippen LogP contribution in [0.3, 0.4) is 0 Å². The summed E-state index contributed by atoms with van der Waals surface area (Å²) >= 11 is 3.39. The van der Waals surface area contributed by atoms with Crippen LogP contribution in [-0.2, 0) is 20.6 Å². The van der Waals surface area contributed by atoms with Crippen LogP contribution in [0.25, 0.3) is 11.2 Å². The van der Waals surface area contributed by atoms with Crippen molar-refractivity contribution in [2.75, 3.05) is 11.9 Å². The van der Waals surface area contributed by atoms with Crippen molar-refractivity contribution in [1.29, 1.82) is 0 Å². The summed E-state index contributed by atoms with van der Waals surface area (Å²) in [5, 5.41) is 3.24. The number of aryl methyl sites for hydroxylation is 2. The van der Waals surface area contributed by atoms with E-state index < -0.39 is 0 Å². The number of halogens is 1. The number of hydrogen-bond donors (Lipinski definition) is 1. The fourth-order valence-electron chi connectivity index (χ4n) is 2.89. The van der Waals surface area contributed by atoms with Crippen LogP contribution >= 0.6 is 15.9 Å². The number of unbranched alkanes of at least 4 members (excludes halogenated alkanes) is 1. The Morgan fingerprint density at radius 3 is 2.46 bits per heavy atom. The first-order valence-electron chi connectivity index (χ1n) is 8.58. The first-order valence-corrected chi connectivity index (χ1v) is 9.38. The Hall–Kier alpha value is -2.35. The van der Waals surface area contributed by atoms with Gasteiger partial charge in [-0.2, -0.15) is 4.98 Å². The Morgan fingerprint density at radius 1 is 1.12 bits per heavy atom. The van der Waals surface area contributed by atoms with Crippen LogP contribution in [0.2, 0.25) is 0 Å². The van der Waals surface area contributed by atoms with E-state index in [2.05, 4.69) is 33.2 Å². The van der Waals surface area contributed by atoms with Crippen LogP contribution in [-0.4, -0.2) is 25.2 Å². The van der Waals surface area contributed by atoms with E-state index in [1.54, 1.807) is 18.7 Å². The van der Waals surface area contributed by atoms with E-state index in [0.29, 0.717) is 17.1 Å². The molecule has 1 aromatic carbocycles.